The van der Waals surface area contributed by atoms with Gasteiger partial charge in [-0.25, -0.2) is 8.42 Å². The predicted octanol–water partition coefficient (Wildman–Crippen LogP) is 7.08. The summed E-state index contributed by atoms with van der Waals surface area (Å²) in [4.78, 5) is -0.503. The molecule has 178 valence electrons. The van der Waals surface area contributed by atoms with Crippen LogP contribution in [0.25, 0.3) is 11.8 Å². The molecule has 0 aliphatic rings. The van der Waals surface area contributed by atoms with E-state index in [1.54, 1.807) is 34.9 Å². The van der Waals surface area contributed by atoms with E-state index in [4.69, 9.17) is 0 Å². The Bertz CT molecular complexity index is 1360. The van der Waals surface area contributed by atoms with Gasteiger partial charge in [-0.1, -0.05) is 58.0 Å². The molecule has 0 unspecified atom stereocenters. The van der Waals surface area contributed by atoms with Crippen LogP contribution in [0.4, 0.5) is 13.2 Å². The summed E-state index contributed by atoms with van der Waals surface area (Å²) in [6.45, 7) is 7.35. The molecule has 8 heteroatoms. The van der Waals surface area contributed by atoms with Gasteiger partial charge in [-0.2, -0.15) is 18.4 Å². The van der Waals surface area contributed by atoms with E-state index >= 15 is 0 Å². The molecular formula is C26H25F3N2O2S. The van der Waals surface area contributed by atoms with E-state index in [0.29, 0.717) is 17.0 Å². The number of nitriles is 1. The van der Waals surface area contributed by atoms with Crippen molar-refractivity contribution in [3.05, 3.63) is 88.1 Å². The third-order valence-corrected chi connectivity index (χ3v) is 7.11. The van der Waals surface area contributed by atoms with Gasteiger partial charge in [0.2, 0.25) is 9.84 Å². The van der Waals surface area contributed by atoms with E-state index < -0.39 is 26.5 Å². The van der Waals surface area contributed by atoms with E-state index in [2.05, 4.69) is 0 Å². The van der Waals surface area contributed by atoms with Crippen molar-refractivity contribution in [2.24, 2.45) is 0 Å². The molecule has 0 aliphatic heterocycles. The van der Waals surface area contributed by atoms with Crippen molar-refractivity contribution in [2.75, 3.05) is 0 Å². The molecule has 3 aromatic rings. The molecule has 0 saturated heterocycles. The van der Waals surface area contributed by atoms with Gasteiger partial charge in [-0.3, -0.25) is 0 Å². The summed E-state index contributed by atoms with van der Waals surface area (Å²) >= 11 is 0. The van der Waals surface area contributed by atoms with Gasteiger partial charge in [0.05, 0.1) is 16.1 Å². The number of allylic oxidation sites excluding steroid dienone is 1. The Kier molecular flexibility index (Phi) is 7.08. The fourth-order valence-electron chi connectivity index (χ4n) is 3.91. The molecule has 1 heterocycles. The van der Waals surface area contributed by atoms with Crippen LogP contribution in [0.15, 0.2) is 70.5 Å². The predicted molar refractivity (Wildman–Crippen MR) is 126 cm³/mol. The Morgan fingerprint density at radius 1 is 0.971 bits per heavy atom. The van der Waals surface area contributed by atoms with Crippen LogP contribution in [0.2, 0.25) is 0 Å². The summed E-state index contributed by atoms with van der Waals surface area (Å²) in [5, 5.41) is 9.71. The van der Waals surface area contributed by atoms with E-state index in [0.717, 1.165) is 6.07 Å². The van der Waals surface area contributed by atoms with Gasteiger partial charge >= 0.3 is 6.18 Å². The highest BCUT2D eigenvalue weighted by atomic mass is 32.2. The summed E-state index contributed by atoms with van der Waals surface area (Å²) in [6.07, 6.45) is -3.32. The number of sulfone groups is 1. The van der Waals surface area contributed by atoms with Crippen molar-refractivity contribution in [1.82, 2.24) is 4.57 Å². The number of nitrogens with zero attached hydrogens (tertiary/aromatic N) is 2. The van der Waals surface area contributed by atoms with Gasteiger partial charge in [0.15, 0.2) is 0 Å². The van der Waals surface area contributed by atoms with Crippen LogP contribution >= 0.6 is 0 Å². The van der Waals surface area contributed by atoms with Gasteiger partial charge < -0.3 is 4.57 Å². The lowest BCUT2D eigenvalue weighted by Gasteiger charge is -2.22. The Balaban J connectivity index is 2.36. The van der Waals surface area contributed by atoms with Crippen LogP contribution in [0.3, 0.4) is 0 Å². The van der Waals surface area contributed by atoms with Crippen molar-refractivity contribution in [2.45, 2.75) is 50.6 Å². The van der Waals surface area contributed by atoms with Crippen molar-refractivity contribution in [3.8, 4) is 11.8 Å². The van der Waals surface area contributed by atoms with Gasteiger partial charge in [0.1, 0.15) is 11.0 Å². The zero-order chi connectivity index (χ0) is 25.3. The van der Waals surface area contributed by atoms with Gasteiger partial charge in [-0.05, 0) is 53.8 Å². The second kappa shape index (κ2) is 9.51. The molecule has 0 amide bonds. The minimum Gasteiger partial charge on any atom is -0.316 e. The van der Waals surface area contributed by atoms with Crippen LogP contribution in [0, 0.1) is 11.3 Å². The van der Waals surface area contributed by atoms with Crippen molar-refractivity contribution in [1.29, 1.82) is 5.26 Å². The van der Waals surface area contributed by atoms with Crippen molar-refractivity contribution in [3.63, 3.8) is 0 Å². The molecule has 0 aliphatic carbocycles. The second-order valence-electron chi connectivity index (χ2n) is 8.51. The zero-order valence-corrected chi connectivity index (χ0v) is 20.1. The van der Waals surface area contributed by atoms with Gasteiger partial charge in [0, 0.05) is 11.4 Å². The second-order valence-corrected chi connectivity index (χ2v) is 10.4. The molecule has 1 aromatic heterocycles. The zero-order valence-electron chi connectivity index (χ0n) is 19.3. The molecule has 2 aromatic carbocycles. The molecule has 0 saturated carbocycles. The molecule has 34 heavy (non-hydrogen) atoms. The number of halogens is 3. The number of para-hydroxylation sites is 1. The van der Waals surface area contributed by atoms with Crippen LogP contribution in [-0.4, -0.2) is 13.0 Å². The molecular weight excluding hydrogens is 461 g/mol. The lowest BCUT2D eigenvalue weighted by Crippen LogP contribution is -2.15. The maximum atomic E-state index is 13.9. The maximum absolute atomic E-state index is 13.9. The highest BCUT2D eigenvalue weighted by Gasteiger charge is 2.35. The quantitative estimate of drug-likeness (QED) is 0.350. The van der Waals surface area contributed by atoms with Crippen LogP contribution < -0.4 is 0 Å². The number of hydrogen-bond acceptors (Lipinski definition) is 3. The largest absolute Gasteiger partial charge is 0.418 e. The Morgan fingerprint density at radius 2 is 1.56 bits per heavy atom. The Hall–Kier alpha value is -3.31. The van der Waals surface area contributed by atoms with E-state index in [9.17, 15) is 26.9 Å². The Morgan fingerprint density at radius 3 is 2.09 bits per heavy atom. The number of aromatic nitrogens is 1. The molecule has 4 nitrogen and oxygen atoms in total. The number of hydrogen-bond donors (Lipinski definition) is 0. The first kappa shape index (κ1) is 25.3. The SMILES string of the molecule is CC(C)c1cc(/C=C(\C#N)S(=O)(=O)c2ccccc2)c(C(C)C)n1-c1ccccc1C(F)(F)F. The number of alkyl halides is 3. The smallest absolute Gasteiger partial charge is 0.316 e. The normalized spacial score (nSPS) is 12.9. The maximum Gasteiger partial charge on any atom is 0.418 e. The molecule has 0 fully saturated rings. The number of rotatable bonds is 6. The van der Waals surface area contributed by atoms with Crippen LogP contribution in [0.5, 0.6) is 0 Å². The topological polar surface area (TPSA) is 62.9 Å². The highest BCUT2D eigenvalue weighted by molar-refractivity contribution is 7.95. The van der Waals surface area contributed by atoms with Gasteiger partial charge in [0.25, 0.3) is 0 Å². The summed E-state index contributed by atoms with van der Waals surface area (Å²) in [5.41, 5.74) is 0.651. The van der Waals surface area contributed by atoms with Crippen molar-refractivity contribution < 1.29 is 21.6 Å². The summed E-state index contributed by atoms with van der Waals surface area (Å²) in [7, 11) is -4.10. The van der Waals surface area contributed by atoms with E-state index in [1.807, 2.05) is 27.7 Å². The molecule has 0 radical (unpaired) electrons. The lowest BCUT2D eigenvalue weighted by molar-refractivity contribution is -0.137. The number of benzene rings is 2. The summed E-state index contributed by atoms with van der Waals surface area (Å²) in [6, 6.07) is 16.3. The first-order valence-electron chi connectivity index (χ1n) is 10.7. The van der Waals surface area contributed by atoms with Crippen molar-refractivity contribution >= 4 is 15.9 Å². The minimum absolute atomic E-state index is 0.0279. The monoisotopic (exact) mass is 486 g/mol. The average Bonchev–Trinajstić information content (AvgIpc) is 3.17. The summed E-state index contributed by atoms with van der Waals surface area (Å²) in [5.74, 6) is -0.434. The third-order valence-electron chi connectivity index (χ3n) is 5.43. The van der Waals surface area contributed by atoms with E-state index in [-0.39, 0.29) is 22.4 Å². The fraction of sp³-hybridized carbons (Fsp3) is 0.269. The van der Waals surface area contributed by atoms with Gasteiger partial charge in [-0.15, -0.1) is 0 Å². The highest BCUT2D eigenvalue weighted by Crippen LogP contribution is 2.39. The molecule has 3 rings (SSSR count). The van der Waals surface area contributed by atoms with Crippen LogP contribution in [0.1, 0.15) is 62.0 Å². The first-order valence-corrected chi connectivity index (χ1v) is 12.2. The standard InChI is InChI=1S/C26H25F3N2O2S/c1-17(2)24-15-19(14-21(16-30)34(32,33)20-10-6-5-7-11-20)25(18(3)4)31(24)23-13-9-8-12-22(23)26(27,28)29/h5-15,17-18H,1-4H3/b21-14+. The third kappa shape index (κ3) is 4.80. The molecule has 0 atom stereocenters. The average molecular weight is 487 g/mol. The molecule has 0 bridgehead atoms. The molecule has 0 spiro atoms. The van der Waals surface area contributed by atoms with E-state index in [1.165, 1.54) is 36.4 Å². The Labute approximate surface area is 197 Å². The minimum atomic E-state index is -4.58. The fourth-order valence-corrected chi connectivity index (χ4v) is 5.08. The summed E-state index contributed by atoms with van der Waals surface area (Å²) < 4.78 is 69.3. The molecule has 0 N–H and O–H groups in total. The first-order chi connectivity index (χ1) is 15.9. The van der Waals surface area contributed by atoms with Crippen LogP contribution in [-0.2, 0) is 16.0 Å². The lowest BCUT2D eigenvalue weighted by atomic mass is 10.0.